The second kappa shape index (κ2) is 5.99. The Morgan fingerprint density at radius 1 is 1.25 bits per heavy atom. The molecule has 2 N–H and O–H groups in total. The molecule has 4 nitrogen and oxygen atoms in total. The van der Waals surface area contributed by atoms with E-state index in [9.17, 15) is 0 Å². The zero-order chi connectivity index (χ0) is 14.7. The lowest BCUT2D eigenvalue weighted by Gasteiger charge is -2.10. The summed E-state index contributed by atoms with van der Waals surface area (Å²) in [5.41, 5.74) is 8.19. The molecule has 0 saturated heterocycles. The topological polar surface area (TPSA) is 53.1 Å². The van der Waals surface area contributed by atoms with Crippen molar-refractivity contribution >= 4 is 5.82 Å². The monoisotopic (exact) mass is 273 g/mol. The molecule has 0 amide bonds. The van der Waals surface area contributed by atoms with Gasteiger partial charge in [0.15, 0.2) is 0 Å². The first-order valence-electron chi connectivity index (χ1n) is 7.08. The van der Waals surface area contributed by atoms with Gasteiger partial charge in [-0.3, -0.25) is 0 Å². The van der Waals surface area contributed by atoms with E-state index in [2.05, 4.69) is 25.3 Å². The number of imidazole rings is 1. The van der Waals surface area contributed by atoms with Gasteiger partial charge in [0.25, 0.3) is 0 Å². The molecule has 0 unspecified atom stereocenters. The Morgan fingerprint density at radius 2 is 1.90 bits per heavy atom. The van der Waals surface area contributed by atoms with Crippen molar-refractivity contribution < 1.29 is 4.74 Å². The fourth-order valence-corrected chi connectivity index (χ4v) is 2.34. The highest BCUT2D eigenvalue weighted by atomic mass is 16.5. The molecule has 0 aliphatic carbocycles. The van der Waals surface area contributed by atoms with Crippen LogP contribution in [0.3, 0.4) is 0 Å². The van der Waals surface area contributed by atoms with Crippen molar-refractivity contribution in [2.45, 2.75) is 39.7 Å². The number of anilines is 1. The molecule has 0 atom stereocenters. The van der Waals surface area contributed by atoms with E-state index < -0.39 is 0 Å². The summed E-state index contributed by atoms with van der Waals surface area (Å²) in [7, 11) is 1.66. The number of methoxy groups -OCH3 is 1. The zero-order valence-corrected chi connectivity index (χ0v) is 12.7. The summed E-state index contributed by atoms with van der Waals surface area (Å²) in [4.78, 5) is 4.75. The second-order valence-electron chi connectivity index (χ2n) is 5.24. The normalized spacial score (nSPS) is 11.1. The number of hydrogen-bond donors (Lipinski definition) is 1. The molecule has 0 radical (unpaired) electrons. The smallest absolute Gasteiger partial charge is 0.131 e. The number of nitrogens with two attached hydrogens (primary N) is 1. The van der Waals surface area contributed by atoms with E-state index in [0.717, 1.165) is 41.6 Å². The number of nitrogens with zero attached hydrogens (tertiary/aromatic N) is 2. The summed E-state index contributed by atoms with van der Waals surface area (Å²) in [6.45, 7) is 7.34. The fourth-order valence-electron chi connectivity index (χ4n) is 2.34. The SMILES string of the molecule is CCCn1c(C(C)C)nc(-c2ccc(OC)cc2)c1N. The van der Waals surface area contributed by atoms with Crippen LogP contribution in [-0.2, 0) is 6.54 Å². The molecule has 0 aliphatic heterocycles. The summed E-state index contributed by atoms with van der Waals surface area (Å²) in [5.74, 6) is 3.00. The van der Waals surface area contributed by atoms with Gasteiger partial charge in [0, 0.05) is 18.0 Å². The van der Waals surface area contributed by atoms with Gasteiger partial charge in [-0.2, -0.15) is 0 Å². The summed E-state index contributed by atoms with van der Waals surface area (Å²) < 4.78 is 7.31. The molecule has 1 aromatic heterocycles. The van der Waals surface area contributed by atoms with Gasteiger partial charge in [0.1, 0.15) is 23.1 Å². The Balaban J connectivity index is 2.47. The van der Waals surface area contributed by atoms with E-state index in [1.165, 1.54) is 0 Å². The van der Waals surface area contributed by atoms with Gasteiger partial charge < -0.3 is 15.0 Å². The number of hydrogen-bond acceptors (Lipinski definition) is 3. The van der Waals surface area contributed by atoms with Crippen LogP contribution in [0.5, 0.6) is 5.75 Å². The van der Waals surface area contributed by atoms with Crippen LogP contribution in [0.4, 0.5) is 5.82 Å². The van der Waals surface area contributed by atoms with Crippen LogP contribution in [0.2, 0.25) is 0 Å². The predicted octanol–water partition coefficient (Wildman–Crippen LogP) is 3.67. The number of aromatic nitrogens is 2. The van der Waals surface area contributed by atoms with Gasteiger partial charge >= 0.3 is 0 Å². The van der Waals surface area contributed by atoms with Crippen LogP contribution < -0.4 is 10.5 Å². The number of nitrogen functional groups attached to an aromatic ring is 1. The maximum Gasteiger partial charge on any atom is 0.131 e. The van der Waals surface area contributed by atoms with Crippen LogP contribution in [0.1, 0.15) is 38.9 Å². The third-order valence-electron chi connectivity index (χ3n) is 3.36. The second-order valence-corrected chi connectivity index (χ2v) is 5.24. The highest BCUT2D eigenvalue weighted by Gasteiger charge is 2.17. The fraction of sp³-hybridized carbons (Fsp3) is 0.438. The van der Waals surface area contributed by atoms with Crippen LogP contribution in [0, 0.1) is 0 Å². The summed E-state index contributed by atoms with van der Waals surface area (Å²) in [6.07, 6.45) is 1.04. The summed E-state index contributed by atoms with van der Waals surface area (Å²) in [6, 6.07) is 7.86. The van der Waals surface area contributed by atoms with Crippen molar-refractivity contribution in [1.82, 2.24) is 9.55 Å². The molecule has 2 rings (SSSR count). The standard InChI is InChI=1S/C16H23N3O/c1-5-10-19-15(17)14(18-16(19)11(2)3)12-6-8-13(20-4)9-7-12/h6-9,11H,5,10,17H2,1-4H3. The highest BCUT2D eigenvalue weighted by molar-refractivity contribution is 5.71. The largest absolute Gasteiger partial charge is 0.497 e. The molecule has 0 saturated carbocycles. The van der Waals surface area contributed by atoms with Crippen LogP contribution >= 0.6 is 0 Å². The van der Waals surface area contributed by atoms with E-state index >= 15 is 0 Å². The zero-order valence-electron chi connectivity index (χ0n) is 12.7. The van der Waals surface area contributed by atoms with Gasteiger partial charge in [0.05, 0.1) is 7.11 Å². The minimum Gasteiger partial charge on any atom is -0.497 e. The number of ether oxygens (including phenoxy) is 1. The average Bonchev–Trinajstić information content (AvgIpc) is 2.77. The molecule has 0 spiro atoms. The van der Waals surface area contributed by atoms with E-state index in [0.29, 0.717) is 5.92 Å². The van der Waals surface area contributed by atoms with Crippen molar-refractivity contribution in [3.05, 3.63) is 30.1 Å². The molecule has 1 heterocycles. The van der Waals surface area contributed by atoms with Crippen LogP contribution in [-0.4, -0.2) is 16.7 Å². The van der Waals surface area contributed by atoms with Gasteiger partial charge in [-0.05, 0) is 30.7 Å². The molecule has 2 aromatic rings. The molecular weight excluding hydrogens is 250 g/mol. The minimum absolute atomic E-state index is 0.357. The molecule has 4 heteroatoms. The van der Waals surface area contributed by atoms with Gasteiger partial charge in [-0.15, -0.1) is 0 Å². The highest BCUT2D eigenvalue weighted by Crippen LogP contribution is 2.30. The van der Waals surface area contributed by atoms with Gasteiger partial charge in [0.2, 0.25) is 0 Å². The lowest BCUT2D eigenvalue weighted by atomic mass is 10.1. The predicted molar refractivity (Wildman–Crippen MR) is 83.0 cm³/mol. The molecule has 20 heavy (non-hydrogen) atoms. The van der Waals surface area contributed by atoms with Crippen molar-refractivity contribution in [1.29, 1.82) is 0 Å². The first-order chi connectivity index (χ1) is 9.58. The van der Waals surface area contributed by atoms with Gasteiger partial charge in [-0.1, -0.05) is 20.8 Å². The number of benzene rings is 1. The molecule has 1 aromatic carbocycles. The Labute approximate surface area is 120 Å². The third-order valence-corrected chi connectivity index (χ3v) is 3.36. The first-order valence-corrected chi connectivity index (χ1v) is 7.08. The van der Waals surface area contributed by atoms with Crippen LogP contribution in [0.25, 0.3) is 11.3 Å². The first kappa shape index (κ1) is 14.4. The Morgan fingerprint density at radius 3 is 2.40 bits per heavy atom. The van der Waals surface area contributed by atoms with E-state index in [4.69, 9.17) is 15.5 Å². The molecule has 108 valence electrons. The molecule has 0 bridgehead atoms. The Hall–Kier alpha value is -1.97. The van der Waals surface area contributed by atoms with E-state index in [1.807, 2.05) is 24.3 Å². The Bertz CT molecular complexity index is 570. The van der Waals surface area contributed by atoms with Crippen molar-refractivity contribution in [3.8, 4) is 17.0 Å². The van der Waals surface area contributed by atoms with E-state index in [1.54, 1.807) is 7.11 Å². The number of rotatable bonds is 5. The Kier molecular flexibility index (Phi) is 4.32. The quantitative estimate of drug-likeness (QED) is 0.904. The van der Waals surface area contributed by atoms with Crippen molar-refractivity contribution in [2.75, 3.05) is 12.8 Å². The lowest BCUT2D eigenvalue weighted by molar-refractivity contribution is 0.415. The van der Waals surface area contributed by atoms with Crippen LogP contribution in [0.15, 0.2) is 24.3 Å². The molecular formula is C16H23N3O. The van der Waals surface area contributed by atoms with Crippen molar-refractivity contribution in [3.63, 3.8) is 0 Å². The van der Waals surface area contributed by atoms with E-state index in [-0.39, 0.29) is 0 Å². The molecule has 0 aliphatic rings. The average molecular weight is 273 g/mol. The summed E-state index contributed by atoms with van der Waals surface area (Å²) in [5, 5.41) is 0. The lowest BCUT2D eigenvalue weighted by Crippen LogP contribution is -2.08. The van der Waals surface area contributed by atoms with Gasteiger partial charge in [-0.25, -0.2) is 4.98 Å². The van der Waals surface area contributed by atoms with Crippen molar-refractivity contribution in [2.24, 2.45) is 0 Å². The third kappa shape index (κ3) is 2.64. The molecule has 0 fully saturated rings. The minimum atomic E-state index is 0.357. The maximum atomic E-state index is 6.30. The summed E-state index contributed by atoms with van der Waals surface area (Å²) >= 11 is 0. The maximum absolute atomic E-state index is 6.30.